The summed E-state index contributed by atoms with van der Waals surface area (Å²) in [5.74, 6) is 0.575. The quantitative estimate of drug-likeness (QED) is 0.543. The molecule has 1 aromatic heterocycles. The summed E-state index contributed by atoms with van der Waals surface area (Å²) < 4.78 is 25.3. The Bertz CT molecular complexity index is 1080. The molecule has 1 aromatic carbocycles. The molecule has 1 unspecified atom stereocenters. The molecule has 2 aromatic rings. The maximum atomic E-state index is 12.4. The minimum atomic E-state index is -1.12. The van der Waals surface area contributed by atoms with Crippen LogP contribution in [0.2, 0.25) is 10.0 Å². The predicted molar refractivity (Wildman–Crippen MR) is 129 cm³/mol. The van der Waals surface area contributed by atoms with Gasteiger partial charge >= 0.3 is 12.2 Å². The summed E-state index contributed by atoms with van der Waals surface area (Å²) in [6.07, 6.45) is -1.13. The molecule has 0 bridgehead atoms. The molecule has 180 valence electrons. The van der Waals surface area contributed by atoms with Gasteiger partial charge in [-0.1, -0.05) is 29.3 Å². The monoisotopic (exact) mass is 515 g/mol. The third-order valence-corrected chi connectivity index (χ3v) is 6.75. The first-order chi connectivity index (χ1) is 15.6. The summed E-state index contributed by atoms with van der Waals surface area (Å²) in [6.45, 7) is 7.20. The Morgan fingerprint density at radius 3 is 2.12 bits per heavy atom. The fourth-order valence-corrected chi connectivity index (χ4v) is 5.15. The molecule has 0 fully saturated rings. The van der Waals surface area contributed by atoms with Crippen LogP contribution in [0.15, 0.2) is 18.2 Å². The lowest BCUT2D eigenvalue weighted by atomic mass is 10.0. The number of hydrogen-bond acceptors (Lipinski definition) is 5. The van der Waals surface area contributed by atoms with Crippen LogP contribution in [0.3, 0.4) is 0 Å². The van der Waals surface area contributed by atoms with E-state index in [1.54, 1.807) is 18.2 Å². The van der Waals surface area contributed by atoms with Gasteiger partial charge in [0.1, 0.15) is 13.2 Å². The fraction of sp³-hybridized carbons (Fsp3) is 0.455. The topological polar surface area (TPSA) is 98.7 Å². The third kappa shape index (κ3) is 6.22. The van der Waals surface area contributed by atoms with Crippen LogP contribution in [0.4, 0.5) is 9.59 Å². The number of nitrogens with one attached hydrogen (secondary N) is 2. The smallest absolute Gasteiger partial charge is 0.407 e. The molecule has 11 heteroatoms. The van der Waals surface area contributed by atoms with Gasteiger partial charge in [0.2, 0.25) is 0 Å². The van der Waals surface area contributed by atoms with Crippen LogP contribution in [0.25, 0.3) is 11.3 Å². The predicted octanol–water partition coefficient (Wildman–Crippen LogP) is 4.95. The van der Waals surface area contributed by atoms with E-state index in [1.165, 1.54) is 0 Å². The summed E-state index contributed by atoms with van der Waals surface area (Å²) in [5, 5.41) is 6.13. The van der Waals surface area contributed by atoms with Crippen molar-refractivity contribution in [2.75, 3.05) is 0 Å². The molecule has 1 aliphatic heterocycles. The average molecular weight is 516 g/mol. The van der Waals surface area contributed by atoms with E-state index in [9.17, 15) is 13.8 Å². The molecular formula is C22H27Cl2N3O5S. The number of carbonyl (C=O) groups excluding carboxylic acids is 2. The van der Waals surface area contributed by atoms with Crippen molar-refractivity contribution in [3.63, 3.8) is 0 Å². The zero-order valence-corrected chi connectivity index (χ0v) is 21.2. The number of benzene rings is 1. The SMILES string of the molecule is CC(C)NC(=O)OCc1c(COC(=O)NC(C)C)c(-c2ccc(Cl)c(Cl)c2)n2c1CS(=O)C2. The van der Waals surface area contributed by atoms with Gasteiger partial charge in [-0.3, -0.25) is 4.21 Å². The molecule has 0 radical (unpaired) electrons. The van der Waals surface area contributed by atoms with Crippen LogP contribution in [-0.4, -0.2) is 33.0 Å². The van der Waals surface area contributed by atoms with Crippen molar-refractivity contribution in [2.45, 2.75) is 64.6 Å². The number of rotatable bonds is 7. The first-order valence-electron chi connectivity index (χ1n) is 10.5. The van der Waals surface area contributed by atoms with Crippen LogP contribution < -0.4 is 10.6 Å². The molecule has 3 rings (SSSR count). The van der Waals surface area contributed by atoms with Crippen molar-refractivity contribution in [1.29, 1.82) is 0 Å². The third-order valence-electron chi connectivity index (χ3n) is 4.87. The second-order valence-electron chi connectivity index (χ2n) is 8.27. The van der Waals surface area contributed by atoms with Crippen molar-refractivity contribution >= 4 is 46.2 Å². The molecule has 0 aliphatic carbocycles. The first kappa shape index (κ1) is 25.4. The fourth-order valence-electron chi connectivity index (χ4n) is 3.56. The highest BCUT2D eigenvalue weighted by Gasteiger charge is 2.31. The lowest BCUT2D eigenvalue weighted by Gasteiger charge is -2.14. The average Bonchev–Trinajstić information content (AvgIpc) is 3.20. The summed E-state index contributed by atoms with van der Waals surface area (Å²) >= 11 is 12.4. The number of carbonyl (C=O) groups is 2. The number of nitrogens with zero attached hydrogens (tertiary/aromatic N) is 1. The van der Waals surface area contributed by atoms with E-state index in [0.29, 0.717) is 32.6 Å². The van der Waals surface area contributed by atoms with E-state index in [0.717, 1.165) is 11.3 Å². The Hall–Kier alpha value is -2.23. The van der Waals surface area contributed by atoms with Crippen molar-refractivity contribution < 1.29 is 23.3 Å². The highest BCUT2D eigenvalue weighted by Crippen LogP contribution is 2.39. The van der Waals surface area contributed by atoms with Crippen molar-refractivity contribution in [2.24, 2.45) is 0 Å². The Morgan fingerprint density at radius 1 is 1.00 bits per heavy atom. The number of fused-ring (bicyclic) bond motifs is 1. The molecule has 0 spiro atoms. The van der Waals surface area contributed by atoms with Gasteiger partial charge in [-0.2, -0.15) is 0 Å². The van der Waals surface area contributed by atoms with Gasteiger partial charge in [0.15, 0.2) is 0 Å². The summed E-state index contributed by atoms with van der Waals surface area (Å²) in [5.41, 5.74) is 3.53. The maximum absolute atomic E-state index is 12.4. The van der Waals surface area contributed by atoms with Crippen molar-refractivity contribution in [1.82, 2.24) is 15.2 Å². The summed E-state index contributed by atoms with van der Waals surface area (Å²) in [7, 11) is -1.12. The first-order valence-corrected chi connectivity index (χ1v) is 12.7. The Morgan fingerprint density at radius 2 is 1.58 bits per heavy atom. The number of alkyl carbamates (subject to hydrolysis) is 2. The second kappa shape index (κ2) is 10.8. The molecule has 8 nitrogen and oxygen atoms in total. The minimum Gasteiger partial charge on any atom is -0.445 e. The van der Waals surface area contributed by atoms with E-state index in [1.807, 2.05) is 32.3 Å². The van der Waals surface area contributed by atoms with E-state index in [-0.39, 0.29) is 31.2 Å². The normalized spacial score (nSPS) is 15.0. The Balaban J connectivity index is 2.04. The van der Waals surface area contributed by atoms with Crippen LogP contribution in [0.1, 0.15) is 44.5 Å². The molecule has 2 N–H and O–H groups in total. The van der Waals surface area contributed by atoms with Crippen LogP contribution in [-0.2, 0) is 45.1 Å². The van der Waals surface area contributed by atoms with Gasteiger partial charge in [0, 0.05) is 45.3 Å². The van der Waals surface area contributed by atoms with E-state index in [2.05, 4.69) is 10.6 Å². The zero-order chi connectivity index (χ0) is 24.3. The number of amides is 2. The number of halogens is 2. The van der Waals surface area contributed by atoms with Gasteiger partial charge in [0.05, 0.1) is 27.4 Å². The Labute approximate surface area is 205 Å². The largest absolute Gasteiger partial charge is 0.445 e. The van der Waals surface area contributed by atoms with Gasteiger partial charge in [-0.25, -0.2) is 9.59 Å². The highest BCUT2D eigenvalue weighted by molar-refractivity contribution is 7.83. The number of hydrogen-bond donors (Lipinski definition) is 2. The number of ether oxygens (including phenoxy) is 2. The molecule has 1 aliphatic rings. The van der Waals surface area contributed by atoms with Gasteiger partial charge in [-0.05, 0) is 39.8 Å². The summed E-state index contributed by atoms with van der Waals surface area (Å²) in [6, 6.07) is 5.01. The van der Waals surface area contributed by atoms with Gasteiger partial charge in [0.25, 0.3) is 0 Å². The van der Waals surface area contributed by atoms with Crippen LogP contribution in [0.5, 0.6) is 0 Å². The van der Waals surface area contributed by atoms with Gasteiger partial charge < -0.3 is 24.7 Å². The van der Waals surface area contributed by atoms with Crippen LogP contribution in [0, 0.1) is 0 Å². The lowest BCUT2D eigenvalue weighted by Crippen LogP contribution is -2.31. The van der Waals surface area contributed by atoms with E-state index in [4.69, 9.17) is 32.7 Å². The summed E-state index contributed by atoms with van der Waals surface area (Å²) in [4.78, 5) is 24.3. The maximum Gasteiger partial charge on any atom is 0.407 e. The zero-order valence-electron chi connectivity index (χ0n) is 18.9. The minimum absolute atomic E-state index is 0.0586. The van der Waals surface area contributed by atoms with Crippen molar-refractivity contribution in [3.8, 4) is 11.3 Å². The molecular weight excluding hydrogens is 489 g/mol. The Kier molecular flexibility index (Phi) is 8.31. The number of aromatic nitrogens is 1. The second-order valence-corrected chi connectivity index (χ2v) is 10.5. The van der Waals surface area contributed by atoms with Gasteiger partial charge in [-0.15, -0.1) is 0 Å². The molecule has 0 saturated carbocycles. The van der Waals surface area contributed by atoms with Crippen molar-refractivity contribution in [3.05, 3.63) is 45.1 Å². The van der Waals surface area contributed by atoms with E-state index < -0.39 is 23.0 Å². The van der Waals surface area contributed by atoms with E-state index >= 15 is 0 Å². The van der Waals surface area contributed by atoms with Crippen LogP contribution >= 0.6 is 23.2 Å². The molecule has 33 heavy (non-hydrogen) atoms. The molecule has 2 heterocycles. The highest BCUT2D eigenvalue weighted by atomic mass is 35.5. The standard InChI is InChI=1S/C22H27Cl2N3O5S/c1-12(2)25-21(28)31-8-15-16(9-32-22(29)26-13(3)4)20(27-11-33(30)10-19(15)27)14-5-6-17(23)18(24)7-14/h5-7,12-13H,8-11H2,1-4H3,(H,25,28)(H,26,29). The molecule has 2 amide bonds. The molecule has 1 atom stereocenters. The molecule has 0 saturated heterocycles. The lowest BCUT2D eigenvalue weighted by molar-refractivity contribution is 0.129.